The lowest BCUT2D eigenvalue weighted by atomic mass is 9.82. The van der Waals surface area contributed by atoms with Crippen LogP contribution in [-0.4, -0.2) is 25.3 Å². The van der Waals surface area contributed by atoms with E-state index in [0.29, 0.717) is 17.4 Å². The fourth-order valence-corrected chi connectivity index (χ4v) is 3.77. The molecule has 0 bridgehead atoms. The van der Waals surface area contributed by atoms with Gasteiger partial charge >= 0.3 is 0 Å². The highest BCUT2D eigenvalue weighted by atomic mass is 16.5. The summed E-state index contributed by atoms with van der Waals surface area (Å²) in [5, 5.41) is 3.42. The van der Waals surface area contributed by atoms with E-state index in [4.69, 9.17) is 4.74 Å². The van der Waals surface area contributed by atoms with Gasteiger partial charge in [0.05, 0.1) is 5.60 Å². The van der Waals surface area contributed by atoms with Gasteiger partial charge in [0, 0.05) is 12.6 Å². The molecule has 0 aromatic heterocycles. The van der Waals surface area contributed by atoms with E-state index in [2.05, 4.69) is 33.1 Å². The molecule has 1 aliphatic carbocycles. The third-order valence-electron chi connectivity index (χ3n) is 4.39. The van der Waals surface area contributed by atoms with Crippen LogP contribution in [0.2, 0.25) is 0 Å². The number of ether oxygens (including phenoxy) is 1. The van der Waals surface area contributed by atoms with Gasteiger partial charge in [0.15, 0.2) is 0 Å². The van der Waals surface area contributed by atoms with Crippen LogP contribution in [0, 0.1) is 11.3 Å². The van der Waals surface area contributed by atoms with Crippen molar-refractivity contribution in [3.05, 3.63) is 0 Å². The molecule has 2 heteroatoms. The van der Waals surface area contributed by atoms with Crippen molar-refractivity contribution < 1.29 is 4.74 Å². The molecule has 1 N–H and O–H groups in total. The molecule has 0 amide bonds. The van der Waals surface area contributed by atoms with E-state index in [1.807, 2.05) is 0 Å². The second kappa shape index (κ2) is 3.74. The minimum atomic E-state index is 0.176. The molecule has 1 spiro atoms. The molecule has 0 aromatic carbocycles. The van der Waals surface area contributed by atoms with Crippen molar-refractivity contribution in [2.75, 3.05) is 13.7 Å². The Labute approximate surface area is 93.8 Å². The molecular formula is C13H25NO. The second-order valence-electron chi connectivity index (χ2n) is 6.34. The Morgan fingerprint density at radius 2 is 2.00 bits per heavy atom. The van der Waals surface area contributed by atoms with E-state index in [1.54, 1.807) is 0 Å². The van der Waals surface area contributed by atoms with Gasteiger partial charge in [-0.2, -0.15) is 0 Å². The third kappa shape index (κ3) is 2.07. The van der Waals surface area contributed by atoms with Crippen molar-refractivity contribution in [2.45, 2.75) is 58.1 Å². The Morgan fingerprint density at radius 3 is 2.53 bits per heavy atom. The maximum atomic E-state index is 6.17. The van der Waals surface area contributed by atoms with Crippen molar-refractivity contribution in [3.8, 4) is 0 Å². The van der Waals surface area contributed by atoms with Crippen LogP contribution in [0.1, 0.15) is 46.5 Å². The molecule has 3 unspecified atom stereocenters. The van der Waals surface area contributed by atoms with Gasteiger partial charge in [-0.05, 0) is 44.1 Å². The highest BCUT2D eigenvalue weighted by molar-refractivity contribution is 5.03. The van der Waals surface area contributed by atoms with Crippen LogP contribution in [-0.2, 0) is 4.74 Å². The van der Waals surface area contributed by atoms with Crippen molar-refractivity contribution in [3.63, 3.8) is 0 Å². The molecule has 15 heavy (non-hydrogen) atoms. The Morgan fingerprint density at radius 1 is 1.27 bits per heavy atom. The highest BCUT2D eigenvalue weighted by Crippen LogP contribution is 2.52. The Balaban J connectivity index is 2.12. The lowest BCUT2D eigenvalue weighted by Gasteiger charge is -2.42. The predicted octanol–water partition coefficient (Wildman–Crippen LogP) is 2.58. The molecule has 0 aromatic rings. The molecule has 1 saturated carbocycles. The molecular weight excluding hydrogens is 186 g/mol. The molecule has 88 valence electrons. The Kier molecular flexibility index (Phi) is 2.85. The molecule has 1 aliphatic heterocycles. The first-order valence-corrected chi connectivity index (χ1v) is 6.29. The minimum Gasteiger partial charge on any atom is -0.375 e. The summed E-state index contributed by atoms with van der Waals surface area (Å²) >= 11 is 0. The minimum absolute atomic E-state index is 0.176. The summed E-state index contributed by atoms with van der Waals surface area (Å²) in [5.41, 5.74) is 0.643. The maximum Gasteiger partial charge on any atom is 0.0728 e. The summed E-state index contributed by atoms with van der Waals surface area (Å²) in [5.74, 6) is 0.712. The summed E-state index contributed by atoms with van der Waals surface area (Å²) in [6.45, 7) is 8.06. The first kappa shape index (κ1) is 11.4. The normalized spacial score (nSPS) is 44.8. The van der Waals surface area contributed by atoms with Crippen LogP contribution in [0.4, 0.5) is 0 Å². The number of hydrogen-bond donors (Lipinski definition) is 1. The first-order valence-electron chi connectivity index (χ1n) is 6.29. The number of rotatable bonds is 1. The Bertz CT molecular complexity index is 239. The van der Waals surface area contributed by atoms with Gasteiger partial charge in [-0.3, -0.25) is 0 Å². The van der Waals surface area contributed by atoms with Crippen molar-refractivity contribution in [1.29, 1.82) is 0 Å². The summed E-state index contributed by atoms with van der Waals surface area (Å²) in [6, 6.07) is 0.662. The zero-order valence-electron chi connectivity index (χ0n) is 10.6. The van der Waals surface area contributed by atoms with Crippen molar-refractivity contribution in [1.82, 2.24) is 5.32 Å². The van der Waals surface area contributed by atoms with Gasteiger partial charge in [-0.15, -0.1) is 0 Å². The van der Waals surface area contributed by atoms with Gasteiger partial charge in [0.25, 0.3) is 0 Å². The highest BCUT2D eigenvalue weighted by Gasteiger charge is 2.51. The predicted molar refractivity (Wildman–Crippen MR) is 62.9 cm³/mol. The van der Waals surface area contributed by atoms with Gasteiger partial charge in [-0.1, -0.05) is 20.8 Å². The third-order valence-corrected chi connectivity index (χ3v) is 4.39. The molecule has 2 fully saturated rings. The SMILES string of the molecule is CNC1CCOC2(C1)CC(C)(C)CC2C. The van der Waals surface area contributed by atoms with E-state index >= 15 is 0 Å². The second-order valence-corrected chi connectivity index (χ2v) is 6.34. The summed E-state index contributed by atoms with van der Waals surface area (Å²) in [4.78, 5) is 0. The lowest BCUT2D eigenvalue weighted by Crippen LogP contribution is -2.48. The molecule has 3 atom stereocenters. The quantitative estimate of drug-likeness (QED) is 0.720. The lowest BCUT2D eigenvalue weighted by molar-refractivity contribution is -0.110. The molecule has 2 nitrogen and oxygen atoms in total. The zero-order valence-corrected chi connectivity index (χ0v) is 10.6. The molecule has 1 saturated heterocycles. The Hall–Kier alpha value is -0.0800. The fourth-order valence-electron chi connectivity index (χ4n) is 3.77. The van der Waals surface area contributed by atoms with E-state index in [-0.39, 0.29) is 5.60 Å². The smallest absolute Gasteiger partial charge is 0.0728 e. The van der Waals surface area contributed by atoms with Crippen LogP contribution in [0.5, 0.6) is 0 Å². The van der Waals surface area contributed by atoms with Gasteiger partial charge in [0.2, 0.25) is 0 Å². The average molecular weight is 211 g/mol. The monoisotopic (exact) mass is 211 g/mol. The summed E-state index contributed by atoms with van der Waals surface area (Å²) in [7, 11) is 2.08. The van der Waals surface area contributed by atoms with Crippen molar-refractivity contribution in [2.24, 2.45) is 11.3 Å². The van der Waals surface area contributed by atoms with E-state index in [0.717, 1.165) is 6.61 Å². The zero-order chi connectivity index (χ0) is 11.1. The number of nitrogens with one attached hydrogen (secondary N) is 1. The van der Waals surface area contributed by atoms with Crippen LogP contribution in [0.3, 0.4) is 0 Å². The summed E-state index contributed by atoms with van der Waals surface area (Å²) in [6.07, 6.45) is 4.92. The summed E-state index contributed by atoms with van der Waals surface area (Å²) < 4.78 is 6.17. The average Bonchev–Trinajstić information content (AvgIpc) is 2.36. The molecule has 0 radical (unpaired) electrons. The van der Waals surface area contributed by atoms with Crippen LogP contribution >= 0.6 is 0 Å². The fraction of sp³-hybridized carbons (Fsp3) is 1.00. The van der Waals surface area contributed by atoms with Crippen molar-refractivity contribution >= 4 is 0 Å². The molecule has 2 aliphatic rings. The van der Waals surface area contributed by atoms with Gasteiger partial charge in [0.1, 0.15) is 0 Å². The van der Waals surface area contributed by atoms with Crippen LogP contribution < -0.4 is 5.32 Å². The molecule has 1 heterocycles. The van der Waals surface area contributed by atoms with Crippen LogP contribution in [0.25, 0.3) is 0 Å². The maximum absolute atomic E-state index is 6.17. The standard InChI is InChI=1S/C13H25NO/c1-10-7-12(2,3)9-13(10)8-11(14-4)5-6-15-13/h10-11,14H,5-9H2,1-4H3. The molecule has 2 rings (SSSR count). The number of hydrogen-bond acceptors (Lipinski definition) is 2. The van der Waals surface area contributed by atoms with E-state index < -0.39 is 0 Å². The largest absolute Gasteiger partial charge is 0.375 e. The van der Waals surface area contributed by atoms with Gasteiger partial charge in [-0.25, -0.2) is 0 Å². The van der Waals surface area contributed by atoms with Crippen LogP contribution in [0.15, 0.2) is 0 Å². The van der Waals surface area contributed by atoms with Gasteiger partial charge < -0.3 is 10.1 Å². The van der Waals surface area contributed by atoms with E-state index in [1.165, 1.54) is 25.7 Å². The first-order chi connectivity index (χ1) is 6.97. The van der Waals surface area contributed by atoms with E-state index in [9.17, 15) is 0 Å². The topological polar surface area (TPSA) is 21.3 Å².